The number of rotatable bonds is 14. The lowest BCUT2D eigenvalue weighted by Gasteiger charge is -2.16. The van der Waals surface area contributed by atoms with Crippen LogP contribution in [0.1, 0.15) is 35.8 Å². The smallest absolute Gasteiger partial charge is 0.263 e. The molecule has 4 rings (SSSR count). The van der Waals surface area contributed by atoms with E-state index in [0.717, 1.165) is 53.5 Å². The second-order valence-electron chi connectivity index (χ2n) is 10.4. The number of pyridine rings is 1. The summed E-state index contributed by atoms with van der Waals surface area (Å²) in [7, 11) is 0.462. The fourth-order valence-electron chi connectivity index (χ4n) is 4.00. The summed E-state index contributed by atoms with van der Waals surface area (Å²) in [6.07, 6.45) is 11.6. The SMILES string of the molecule is COc1nc2ccccc2cc1-c1cn(COCC[Si](C)(C)C)c(CC/C=C/CCC(=O)c2ncco2)n1. The van der Waals surface area contributed by atoms with Crippen molar-refractivity contribution >= 4 is 24.8 Å². The van der Waals surface area contributed by atoms with E-state index in [1.807, 2.05) is 36.5 Å². The molecular weight excluding hydrogens is 496 g/mol. The Balaban J connectivity index is 1.46. The van der Waals surface area contributed by atoms with Crippen LogP contribution in [0.5, 0.6) is 5.88 Å². The number of hydrogen-bond acceptors (Lipinski definition) is 7. The number of hydrogen-bond donors (Lipinski definition) is 0. The molecule has 38 heavy (non-hydrogen) atoms. The average molecular weight is 533 g/mol. The molecule has 8 nitrogen and oxygen atoms in total. The Hall–Kier alpha value is -3.56. The first-order valence-corrected chi connectivity index (χ1v) is 16.7. The molecule has 200 valence electrons. The maximum atomic E-state index is 12.0. The second kappa shape index (κ2) is 12.8. The third-order valence-corrected chi connectivity index (χ3v) is 7.86. The molecule has 0 saturated heterocycles. The van der Waals surface area contributed by atoms with Gasteiger partial charge in [0.15, 0.2) is 0 Å². The summed E-state index contributed by atoms with van der Waals surface area (Å²) in [5, 5.41) is 1.04. The molecule has 0 fully saturated rings. The third kappa shape index (κ3) is 7.49. The zero-order valence-electron chi connectivity index (χ0n) is 22.6. The molecule has 9 heteroatoms. The first kappa shape index (κ1) is 27.5. The van der Waals surface area contributed by atoms with E-state index < -0.39 is 8.07 Å². The van der Waals surface area contributed by atoms with Crippen LogP contribution in [0, 0.1) is 0 Å². The van der Waals surface area contributed by atoms with Crippen molar-refractivity contribution in [3.8, 4) is 17.1 Å². The van der Waals surface area contributed by atoms with Crippen molar-refractivity contribution in [2.45, 2.75) is 58.1 Å². The van der Waals surface area contributed by atoms with Crippen LogP contribution in [0.25, 0.3) is 22.2 Å². The van der Waals surface area contributed by atoms with E-state index >= 15 is 0 Å². The first-order chi connectivity index (χ1) is 18.3. The maximum Gasteiger partial charge on any atom is 0.263 e. The predicted molar refractivity (Wildman–Crippen MR) is 151 cm³/mol. The molecule has 0 atom stereocenters. The van der Waals surface area contributed by atoms with E-state index in [9.17, 15) is 4.79 Å². The molecule has 3 heterocycles. The van der Waals surface area contributed by atoms with Crippen molar-refractivity contribution in [1.29, 1.82) is 0 Å². The molecule has 0 bridgehead atoms. The van der Waals surface area contributed by atoms with Gasteiger partial charge in [0.1, 0.15) is 18.8 Å². The Morgan fingerprint density at radius 1 is 1.13 bits per heavy atom. The lowest BCUT2D eigenvalue weighted by atomic mass is 10.1. The van der Waals surface area contributed by atoms with E-state index in [4.69, 9.17) is 23.9 Å². The van der Waals surface area contributed by atoms with Crippen LogP contribution >= 0.6 is 0 Å². The van der Waals surface area contributed by atoms with Gasteiger partial charge in [-0.1, -0.05) is 50.0 Å². The molecule has 0 amide bonds. The zero-order valence-corrected chi connectivity index (χ0v) is 23.6. The number of carbonyl (C=O) groups excluding carboxylic acids is 1. The van der Waals surface area contributed by atoms with Crippen LogP contribution in [0.3, 0.4) is 0 Å². The number of aromatic nitrogens is 4. The van der Waals surface area contributed by atoms with Crippen molar-refractivity contribution < 1.29 is 18.7 Å². The van der Waals surface area contributed by atoms with Crippen molar-refractivity contribution in [3.63, 3.8) is 0 Å². The minimum absolute atomic E-state index is 0.0896. The normalized spacial score (nSPS) is 12.0. The quantitative estimate of drug-likeness (QED) is 0.0786. The lowest BCUT2D eigenvalue weighted by molar-refractivity contribution is 0.0851. The maximum absolute atomic E-state index is 12.0. The van der Waals surface area contributed by atoms with Crippen LogP contribution in [0.15, 0.2) is 65.6 Å². The van der Waals surface area contributed by atoms with Crippen LogP contribution in [0.2, 0.25) is 25.7 Å². The topological polar surface area (TPSA) is 92.3 Å². The zero-order chi connectivity index (χ0) is 27.0. The Labute approximate surface area is 224 Å². The number of carbonyl (C=O) groups is 1. The third-order valence-electron chi connectivity index (χ3n) is 6.15. The summed E-state index contributed by atoms with van der Waals surface area (Å²) < 4.78 is 18.8. The Morgan fingerprint density at radius 3 is 2.71 bits per heavy atom. The van der Waals surface area contributed by atoms with Gasteiger partial charge < -0.3 is 18.5 Å². The van der Waals surface area contributed by atoms with Gasteiger partial charge in [0.25, 0.3) is 5.89 Å². The highest BCUT2D eigenvalue weighted by Crippen LogP contribution is 2.31. The van der Waals surface area contributed by atoms with Crippen molar-refractivity contribution in [1.82, 2.24) is 19.5 Å². The summed E-state index contributed by atoms with van der Waals surface area (Å²) >= 11 is 0. The molecule has 4 aromatic rings. The van der Waals surface area contributed by atoms with Gasteiger partial charge in [0, 0.05) is 39.1 Å². The summed E-state index contributed by atoms with van der Waals surface area (Å²) in [5.74, 6) is 1.56. The highest BCUT2D eigenvalue weighted by atomic mass is 28.3. The van der Waals surface area contributed by atoms with Gasteiger partial charge in [0.2, 0.25) is 11.7 Å². The number of nitrogens with zero attached hydrogens (tertiary/aromatic N) is 4. The fourth-order valence-corrected chi connectivity index (χ4v) is 4.76. The molecular formula is C29H36N4O4Si. The van der Waals surface area contributed by atoms with Crippen molar-refractivity contribution in [3.05, 3.63) is 72.9 Å². The van der Waals surface area contributed by atoms with E-state index in [0.29, 0.717) is 25.5 Å². The van der Waals surface area contributed by atoms with E-state index in [2.05, 4.69) is 41.3 Å². The van der Waals surface area contributed by atoms with Crippen LogP contribution in [0.4, 0.5) is 0 Å². The van der Waals surface area contributed by atoms with E-state index in [1.165, 1.54) is 12.5 Å². The summed E-state index contributed by atoms with van der Waals surface area (Å²) in [6, 6.07) is 11.2. The van der Waals surface area contributed by atoms with E-state index in [1.54, 1.807) is 7.11 Å². The second-order valence-corrected chi connectivity index (χ2v) is 16.0. The number of benzene rings is 1. The number of imidazole rings is 1. The number of allylic oxidation sites excluding steroid dienone is 2. The molecule has 0 saturated carbocycles. The predicted octanol–water partition coefficient (Wildman–Crippen LogP) is 6.56. The minimum atomic E-state index is -1.17. The number of Topliss-reactive ketones (excluding diaryl/α,β-unsaturated/α-hetero) is 1. The van der Waals surface area contributed by atoms with Gasteiger partial charge >= 0.3 is 0 Å². The van der Waals surface area contributed by atoms with Crippen LogP contribution in [-0.4, -0.2) is 47.1 Å². The number of ether oxygens (including phenoxy) is 2. The van der Waals surface area contributed by atoms with Crippen LogP contribution < -0.4 is 4.74 Å². The van der Waals surface area contributed by atoms with Gasteiger partial charge in [-0.25, -0.2) is 15.0 Å². The summed E-state index contributed by atoms with van der Waals surface area (Å²) in [5.41, 5.74) is 2.55. The molecule has 0 radical (unpaired) electrons. The molecule has 0 aliphatic heterocycles. The number of oxazole rings is 1. The highest BCUT2D eigenvalue weighted by molar-refractivity contribution is 6.76. The number of aryl methyl sites for hydroxylation is 1. The number of ketones is 1. The Kier molecular flexibility index (Phi) is 9.25. The number of fused-ring (bicyclic) bond motifs is 1. The van der Waals surface area contributed by atoms with Gasteiger partial charge in [-0.3, -0.25) is 4.79 Å². The highest BCUT2D eigenvalue weighted by Gasteiger charge is 2.17. The van der Waals surface area contributed by atoms with Gasteiger partial charge in [-0.05, 0) is 31.0 Å². The molecule has 0 aliphatic carbocycles. The van der Waals surface area contributed by atoms with Crippen molar-refractivity contribution in [2.24, 2.45) is 0 Å². The molecule has 0 spiro atoms. The summed E-state index contributed by atoms with van der Waals surface area (Å²) in [6.45, 7) is 8.23. The first-order valence-electron chi connectivity index (χ1n) is 13.0. The van der Waals surface area contributed by atoms with Gasteiger partial charge in [-0.15, -0.1) is 0 Å². The monoisotopic (exact) mass is 532 g/mol. The molecule has 0 unspecified atom stereocenters. The number of methoxy groups -OCH3 is 1. The minimum Gasteiger partial charge on any atom is -0.480 e. The van der Waals surface area contributed by atoms with Gasteiger partial charge in [-0.2, -0.15) is 0 Å². The summed E-state index contributed by atoms with van der Waals surface area (Å²) in [4.78, 5) is 25.6. The molecule has 0 N–H and O–H groups in total. The molecule has 3 aromatic heterocycles. The molecule has 1 aromatic carbocycles. The fraction of sp³-hybridized carbons (Fsp3) is 0.379. The number of para-hydroxylation sites is 1. The van der Waals surface area contributed by atoms with Crippen LogP contribution in [-0.2, 0) is 17.9 Å². The van der Waals surface area contributed by atoms with Gasteiger partial charge in [0.05, 0.1) is 30.1 Å². The Morgan fingerprint density at radius 2 is 1.95 bits per heavy atom. The van der Waals surface area contributed by atoms with Crippen molar-refractivity contribution in [2.75, 3.05) is 13.7 Å². The lowest BCUT2D eigenvalue weighted by Crippen LogP contribution is -2.22. The standard InChI is InChI=1S/C29H36N4O4Si/c1-35-28-23(19-22-11-9-10-12-24(22)32-28)25-20-33(21-36-17-18-38(2,3)4)27(31-25)14-8-6-5-7-13-26(34)29-30-15-16-37-29/h5-6,9-12,15-16,19-20H,7-8,13-14,17-18,21H2,1-4H3/b6-5+. The Bertz CT molecular complexity index is 1370. The van der Waals surface area contributed by atoms with E-state index in [-0.39, 0.29) is 11.7 Å². The molecule has 0 aliphatic rings. The average Bonchev–Trinajstić information content (AvgIpc) is 3.58. The largest absolute Gasteiger partial charge is 0.480 e.